The van der Waals surface area contributed by atoms with Crippen LogP contribution in [0.2, 0.25) is 0 Å². The molecular weight excluding hydrogens is 164 g/mol. The van der Waals surface area contributed by atoms with E-state index in [1.807, 2.05) is 32.0 Å². The van der Waals surface area contributed by atoms with Gasteiger partial charge in [0.2, 0.25) is 0 Å². The van der Waals surface area contributed by atoms with E-state index in [0.717, 1.165) is 5.69 Å². The van der Waals surface area contributed by atoms with E-state index in [1.165, 1.54) is 0 Å². The van der Waals surface area contributed by atoms with Crippen molar-refractivity contribution in [1.82, 2.24) is 10.3 Å². The van der Waals surface area contributed by atoms with E-state index >= 15 is 0 Å². The molecule has 0 saturated carbocycles. The Kier molecular flexibility index (Phi) is 3.86. The number of aromatic nitrogens is 1. The highest BCUT2D eigenvalue weighted by Gasteiger charge is 2.08. The summed E-state index contributed by atoms with van der Waals surface area (Å²) in [5, 5.41) is 12.1. The summed E-state index contributed by atoms with van der Waals surface area (Å²) in [6.07, 6.45) is 1.77. The topological polar surface area (TPSA) is 45.1 Å². The first-order valence-electron chi connectivity index (χ1n) is 4.52. The third-order valence-corrected chi connectivity index (χ3v) is 1.94. The first-order valence-corrected chi connectivity index (χ1v) is 4.52. The summed E-state index contributed by atoms with van der Waals surface area (Å²) in [6.45, 7) is 4.13. The molecule has 0 saturated heterocycles. The van der Waals surface area contributed by atoms with Crippen LogP contribution in [0, 0.1) is 0 Å². The van der Waals surface area contributed by atoms with Crippen LogP contribution in [0.5, 0.6) is 0 Å². The summed E-state index contributed by atoms with van der Waals surface area (Å²) in [7, 11) is 0. The number of rotatable bonds is 4. The van der Waals surface area contributed by atoms with E-state index in [0.29, 0.717) is 0 Å². The molecule has 2 atom stereocenters. The van der Waals surface area contributed by atoms with E-state index < -0.39 is 0 Å². The Labute approximate surface area is 78.8 Å². The van der Waals surface area contributed by atoms with Crippen molar-refractivity contribution in [3.8, 4) is 0 Å². The van der Waals surface area contributed by atoms with Crippen LogP contribution < -0.4 is 5.32 Å². The van der Waals surface area contributed by atoms with Crippen LogP contribution in [0.4, 0.5) is 0 Å². The molecule has 0 aromatic carbocycles. The van der Waals surface area contributed by atoms with Crippen LogP contribution in [-0.4, -0.2) is 22.7 Å². The van der Waals surface area contributed by atoms with Gasteiger partial charge >= 0.3 is 0 Å². The second kappa shape index (κ2) is 4.94. The fourth-order valence-electron chi connectivity index (χ4n) is 1.20. The molecule has 3 heteroatoms. The zero-order valence-corrected chi connectivity index (χ0v) is 8.07. The lowest BCUT2D eigenvalue weighted by molar-refractivity contribution is 0.242. The van der Waals surface area contributed by atoms with Crippen LogP contribution in [0.25, 0.3) is 0 Å². The maximum absolute atomic E-state index is 8.85. The zero-order valence-electron chi connectivity index (χ0n) is 8.07. The Morgan fingerprint density at radius 3 is 2.77 bits per heavy atom. The highest BCUT2D eigenvalue weighted by Crippen LogP contribution is 2.08. The molecule has 0 unspecified atom stereocenters. The van der Waals surface area contributed by atoms with Gasteiger partial charge in [0.1, 0.15) is 0 Å². The van der Waals surface area contributed by atoms with Crippen molar-refractivity contribution in [3.05, 3.63) is 30.1 Å². The quantitative estimate of drug-likeness (QED) is 0.729. The average Bonchev–Trinajstić information content (AvgIpc) is 2.19. The second-order valence-electron chi connectivity index (χ2n) is 3.23. The number of aliphatic hydroxyl groups excluding tert-OH is 1. The lowest BCUT2D eigenvalue weighted by Crippen LogP contribution is -2.32. The van der Waals surface area contributed by atoms with Gasteiger partial charge in [0.15, 0.2) is 0 Å². The Balaban J connectivity index is 2.53. The van der Waals surface area contributed by atoms with Gasteiger partial charge in [-0.1, -0.05) is 6.07 Å². The number of nitrogens with zero attached hydrogens (tertiary/aromatic N) is 1. The number of hydrogen-bond acceptors (Lipinski definition) is 3. The normalized spacial score (nSPS) is 15.3. The standard InChI is InChI=1S/C10H16N2O/c1-8(7-13)12-9(2)10-5-3-4-6-11-10/h3-6,8-9,12-13H,7H2,1-2H3/t8-,9-/m1/s1. The Morgan fingerprint density at radius 1 is 1.46 bits per heavy atom. The van der Waals surface area contributed by atoms with Gasteiger partial charge in [-0.25, -0.2) is 0 Å². The Bertz CT molecular complexity index is 238. The first kappa shape index (κ1) is 10.2. The maximum atomic E-state index is 8.85. The van der Waals surface area contributed by atoms with Gasteiger partial charge in [-0.15, -0.1) is 0 Å². The third-order valence-electron chi connectivity index (χ3n) is 1.94. The van der Waals surface area contributed by atoms with E-state index in [-0.39, 0.29) is 18.7 Å². The van der Waals surface area contributed by atoms with Gasteiger partial charge in [0.25, 0.3) is 0 Å². The predicted octanol–water partition coefficient (Wildman–Crippen LogP) is 1.11. The molecule has 0 spiro atoms. The summed E-state index contributed by atoms with van der Waals surface area (Å²) in [5.74, 6) is 0. The molecule has 0 amide bonds. The van der Waals surface area contributed by atoms with Crippen LogP contribution >= 0.6 is 0 Å². The average molecular weight is 180 g/mol. The molecule has 0 bridgehead atoms. The van der Waals surface area contributed by atoms with E-state index in [2.05, 4.69) is 10.3 Å². The monoisotopic (exact) mass is 180 g/mol. The Morgan fingerprint density at radius 2 is 2.23 bits per heavy atom. The molecule has 0 fully saturated rings. The highest BCUT2D eigenvalue weighted by atomic mass is 16.3. The largest absolute Gasteiger partial charge is 0.395 e. The number of aliphatic hydroxyl groups is 1. The number of pyridine rings is 1. The van der Waals surface area contributed by atoms with Crippen molar-refractivity contribution in [2.75, 3.05) is 6.61 Å². The minimum atomic E-state index is 0.108. The van der Waals surface area contributed by atoms with Crippen LogP contribution in [0.15, 0.2) is 24.4 Å². The summed E-state index contributed by atoms with van der Waals surface area (Å²) >= 11 is 0. The first-order chi connectivity index (χ1) is 6.24. The fraction of sp³-hybridized carbons (Fsp3) is 0.500. The van der Waals surface area contributed by atoms with Gasteiger partial charge in [0.05, 0.1) is 12.3 Å². The third kappa shape index (κ3) is 3.13. The molecule has 72 valence electrons. The van der Waals surface area contributed by atoms with Crippen LogP contribution in [-0.2, 0) is 0 Å². The van der Waals surface area contributed by atoms with Crippen LogP contribution in [0.3, 0.4) is 0 Å². The van der Waals surface area contributed by atoms with Crippen molar-refractivity contribution in [2.24, 2.45) is 0 Å². The summed E-state index contributed by atoms with van der Waals surface area (Å²) in [4.78, 5) is 4.22. The Hall–Kier alpha value is -0.930. The molecule has 1 heterocycles. The number of hydrogen-bond donors (Lipinski definition) is 2. The summed E-state index contributed by atoms with van der Waals surface area (Å²) in [6, 6.07) is 6.12. The van der Waals surface area contributed by atoms with Crippen molar-refractivity contribution < 1.29 is 5.11 Å². The lowest BCUT2D eigenvalue weighted by Gasteiger charge is -2.17. The van der Waals surface area contributed by atoms with Gasteiger partial charge in [-0.05, 0) is 26.0 Å². The van der Waals surface area contributed by atoms with Crippen molar-refractivity contribution in [2.45, 2.75) is 25.9 Å². The molecule has 0 aliphatic carbocycles. The van der Waals surface area contributed by atoms with Crippen LogP contribution in [0.1, 0.15) is 25.6 Å². The van der Waals surface area contributed by atoms with Gasteiger partial charge in [-0.2, -0.15) is 0 Å². The molecule has 0 aliphatic heterocycles. The molecule has 0 radical (unpaired) electrons. The zero-order chi connectivity index (χ0) is 9.68. The lowest BCUT2D eigenvalue weighted by atomic mass is 10.2. The molecule has 3 nitrogen and oxygen atoms in total. The van der Waals surface area contributed by atoms with Gasteiger partial charge in [0, 0.05) is 18.3 Å². The molecule has 1 rings (SSSR count). The van der Waals surface area contributed by atoms with Crippen molar-refractivity contribution in [3.63, 3.8) is 0 Å². The highest BCUT2D eigenvalue weighted by molar-refractivity contribution is 5.07. The SMILES string of the molecule is C[C@H](CO)N[C@H](C)c1ccccn1. The fourth-order valence-corrected chi connectivity index (χ4v) is 1.20. The minimum absolute atomic E-state index is 0.108. The van der Waals surface area contributed by atoms with E-state index in [1.54, 1.807) is 6.20 Å². The molecular formula is C10H16N2O. The molecule has 1 aromatic heterocycles. The van der Waals surface area contributed by atoms with Crippen molar-refractivity contribution in [1.29, 1.82) is 0 Å². The molecule has 2 N–H and O–H groups in total. The molecule has 1 aromatic rings. The second-order valence-corrected chi connectivity index (χ2v) is 3.23. The molecule has 13 heavy (non-hydrogen) atoms. The van der Waals surface area contributed by atoms with E-state index in [9.17, 15) is 0 Å². The summed E-state index contributed by atoms with van der Waals surface area (Å²) in [5.41, 5.74) is 1.00. The maximum Gasteiger partial charge on any atom is 0.0582 e. The van der Waals surface area contributed by atoms with E-state index in [4.69, 9.17) is 5.11 Å². The predicted molar refractivity (Wildman–Crippen MR) is 52.3 cm³/mol. The van der Waals surface area contributed by atoms with Crippen molar-refractivity contribution >= 4 is 0 Å². The van der Waals surface area contributed by atoms with Gasteiger partial charge in [-0.3, -0.25) is 4.98 Å². The summed E-state index contributed by atoms with van der Waals surface area (Å²) < 4.78 is 0. The smallest absolute Gasteiger partial charge is 0.0582 e. The minimum Gasteiger partial charge on any atom is -0.395 e. The number of nitrogens with one attached hydrogen (secondary N) is 1. The molecule has 0 aliphatic rings. The van der Waals surface area contributed by atoms with Gasteiger partial charge < -0.3 is 10.4 Å².